The molecule has 0 radical (unpaired) electrons. The van der Waals surface area contributed by atoms with Crippen LogP contribution < -0.4 is 0 Å². The summed E-state index contributed by atoms with van der Waals surface area (Å²) >= 11 is 0. The summed E-state index contributed by atoms with van der Waals surface area (Å²) in [5, 5.41) is 0. The lowest BCUT2D eigenvalue weighted by atomic mass is 9.82. The van der Waals surface area contributed by atoms with E-state index in [2.05, 4.69) is 25.3 Å². The zero-order valence-corrected chi connectivity index (χ0v) is 6.47. The molecule has 0 saturated heterocycles. The van der Waals surface area contributed by atoms with Crippen LogP contribution in [-0.4, -0.2) is 0 Å². The van der Waals surface area contributed by atoms with Gasteiger partial charge in [0.25, 0.3) is 0 Å². The summed E-state index contributed by atoms with van der Waals surface area (Å²) in [7, 11) is 0. The first-order valence-electron chi connectivity index (χ1n) is 4.02. The Kier molecular flexibility index (Phi) is 2.65. The third kappa shape index (κ3) is 1.68. The van der Waals surface area contributed by atoms with Gasteiger partial charge in [0.2, 0.25) is 6.08 Å². The number of rotatable bonds is 2. The molecular formula is C10H15+. The Morgan fingerprint density at radius 1 is 1.20 bits per heavy atom. The van der Waals surface area contributed by atoms with Crippen molar-refractivity contribution in [3.05, 3.63) is 25.3 Å². The van der Waals surface area contributed by atoms with Crippen LogP contribution >= 0.6 is 0 Å². The van der Waals surface area contributed by atoms with E-state index >= 15 is 0 Å². The highest BCUT2D eigenvalue weighted by Crippen LogP contribution is 2.29. The molecule has 0 heterocycles. The van der Waals surface area contributed by atoms with Crippen molar-refractivity contribution >= 4 is 0 Å². The minimum absolute atomic E-state index is 0.663. The van der Waals surface area contributed by atoms with Gasteiger partial charge in [-0.3, -0.25) is 0 Å². The van der Waals surface area contributed by atoms with Crippen LogP contribution in [0.3, 0.4) is 0 Å². The average molecular weight is 135 g/mol. The van der Waals surface area contributed by atoms with Crippen LogP contribution in [0.15, 0.2) is 19.2 Å². The molecule has 0 atom stereocenters. The normalized spacial score (nSPS) is 32.8. The average Bonchev–Trinajstić information content (AvgIpc) is 2.05. The molecule has 10 heavy (non-hydrogen) atoms. The Bertz CT molecular complexity index is 100. The monoisotopic (exact) mass is 135 g/mol. The Morgan fingerprint density at radius 3 is 2.20 bits per heavy atom. The third-order valence-corrected chi connectivity index (χ3v) is 2.39. The molecule has 0 aromatic heterocycles. The van der Waals surface area contributed by atoms with Crippen LogP contribution in [0.1, 0.15) is 25.7 Å². The molecule has 1 aliphatic rings. The number of hydrogen-bond acceptors (Lipinski definition) is 0. The minimum atomic E-state index is 0.663. The summed E-state index contributed by atoms with van der Waals surface area (Å²) in [5.74, 6) is 1.43. The fourth-order valence-corrected chi connectivity index (χ4v) is 1.56. The van der Waals surface area contributed by atoms with Crippen molar-refractivity contribution < 1.29 is 0 Å². The standard InChI is InChI=1S/C10H15/c1-3-9-5-7-10(4-2)8-6-9/h3,9-10H,1-2,5-8H2/q+1. The molecule has 0 unspecified atom stereocenters. The van der Waals surface area contributed by atoms with Crippen molar-refractivity contribution in [3.63, 3.8) is 0 Å². The van der Waals surface area contributed by atoms with E-state index in [9.17, 15) is 0 Å². The Labute approximate surface area is 63.6 Å². The molecule has 0 spiro atoms. The SMILES string of the molecule is C=[C+]C1CCC(C=C)CC1. The lowest BCUT2D eigenvalue weighted by Gasteiger charge is -2.17. The zero-order valence-electron chi connectivity index (χ0n) is 6.47. The molecule has 54 valence electrons. The van der Waals surface area contributed by atoms with E-state index in [1.54, 1.807) is 0 Å². The van der Waals surface area contributed by atoms with Gasteiger partial charge < -0.3 is 0 Å². The molecule has 0 aromatic rings. The van der Waals surface area contributed by atoms with Crippen LogP contribution in [0.25, 0.3) is 0 Å². The van der Waals surface area contributed by atoms with Crippen molar-refractivity contribution in [3.8, 4) is 0 Å². The second-order valence-electron chi connectivity index (χ2n) is 3.05. The molecule has 0 N–H and O–H groups in total. The van der Waals surface area contributed by atoms with Gasteiger partial charge in [0.05, 0.1) is 0 Å². The molecule has 0 amide bonds. The van der Waals surface area contributed by atoms with E-state index in [4.69, 9.17) is 0 Å². The summed E-state index contributed by atoms with van der Waals surface area (Å²) in [6.07, 6.45) is 10.3. The molecule has 1 fully saturated rings. The summed E-state index contributed by atoms with van der Waals surface area (Å²) in [6.45, 7) is 7.48. The van der Waals surface area contributed by atoms with Crippen LogP contribution in [-0.2, 0) is 0 Å². The maximum absolute atomic E-state index is 3.80. The fraction of sp³-hybridized carbons (Fsp3) is 0.600. The quantitative estimate of drug-likeness (QED) is 0.403. The summed E-state index contributed by atoms with van der Waals surface area (Å²) in [5.41, 5.74) is 0. The molecule has 0 heteroatoms. The Hall–Kier alpha value is -0.610. The molecule has 0 nitrogen and oxygen atoms in total. The van der Waals surface area contributed by atoms with Gasteiger partial charge in [0.1, 0.15) is 6.58 Å². The summed E-state index contributed by atoms with van der Waals surface area (Å²) in [4.78, 5) is 0. The Balaban J connectivity index is 2.30. The van der Waals surface area contributed by atoms with Crippen LogP contribution in [0.2, 0.25) is 0 Å². The first-order chi connectivity index (χ1) is 4.86. The van der Waals surface area contributed by atoms with Crippen molar-refractivity contribution in [2.75, 3.05) is 0 Å². The smallest absolute Gasteiger partial charge is 0.103 e. The lowest BCUT2D eigenvalue weighted by Crippen LogP contribution is -2.10. The van der Waals surface area contributed by atoms with Gasteiger partial charge >= 0.3 is 0 Å². The predicted molar refractivity (Wildman–Crippen MR) is 44.5 cm³/mol. The van der Waals surface area contributed by atoms with Gasteiger partial charge in [-0.15, -0.1) is 6.58 Å². The molecule has 1 aliphatic carbocycles. The lowest BCUT2D eigenvalue weighted by molar-refractivity contribution is 0.351. The molecular weight excluding hydrogens is 120 g/mol. The van der Waals surface area contributed by atoms with E-state index in [-0.39, 0.29) is 0 Å². The van der Waals surface area contributed by atoms with Gasteiger partial charge in [0, 0.05) is 12.8 Å². The van der Waals surface area contributed by atoms with Crippen LogP contribution in [0.4, 0.5) is 0 Å². The maximum Gasteiger partial charge on any atom is 0.217 e. The van der Waals surface area contributed by atoms with Crippen molar-refractivity contribution in [1.82, 2.24) is 0 Å². The first kappa shape index (κ1) is 7.50. The molecule has 1 saturated carbocycles. The van der Waals surface area contributed by atoms with Crippen molar-refractivity contribution in [2.24, 2.45) is 11.8 Å². The van der Waals surface area contributed by atoms with E-state index in [1.807, 2.05) is 0 Å². The van der Waals surface area contributed by atoms with Crippen LogP contribution in [0.5, 0.6) is 0 Å². The van der Waals surface area contributed by atoms with E-state index in [0.717, 1.165) is 5.92 Å². The molecule has 1 rings (SSSR count). The molecule has 0 aromatic carbocycles. The van der Waals surface area contributed by atoms with Gasteiger partial charge in [-0.1, -0.05) is 6.08 Å². The summed E-state index contributed by atoms with van der Waals surface area (Å²) < 4.78 is 0. The first-order valence-corrected chi connectivity index (χ1v) is 4.02. The van der Waals surface area contributed by atoms with Crippen molar-refractivity contribution in [1.29, 1.82) is 0 Å². The van der Waals surface area contributed by atoms with Gasteiger partial charge in [-0.2, -0.15) is 0 Å². The molecule has 0 aliphatic heterocycles. The maximum atomic E-state index is 3.80. The highest BCUT2D eigenvalue weighted by Gasteiger charge is 2.23. The highest BCUT2D eigenvalue weighted by molar-refractivity contribution is 4.86. The van der Waals surface area contributed by atoms with Gasteiger partial charge in [0.15, 0.2) is 5.92 Å². The highest BCUT2D eigenvalue weighted by atomic mass is 14.2. The topological polar surface area (TPSA) is 0 Å². The largest absolute Gasteiger partial charge is 0.217 e. The van der Waals surface area contributed by atoms with Crippen LogP contribution in [0, 0.1) is 17.9 Å². The van der Waals surface area contributed by atoms with E-state index < -0.39 is 0 Å². The second-order valence-corrected chi connectivity index (χ2v) is 3.05. The minimum Gasteiger partial charge on any atom is -0.103 e. The van der Waals surface area contributed by atoms with Crippen molar-refractivity contribution in [2.45, 2.75) is 25.7 Å². The fourth-order valence-electron chi connectivity index (χ4n) is 1.56. The summed E-state index contributed by atoms with van der Waals surface area (Å²) in [6, 6.07) is 0. The second kappa shape index (κ2) is 3.53. The third-order valence-electron chi connectivity index (χ3n) is 2.39. The van der Waals surface area contributed by atoms with E-state index in [1.165, 1.54) is 25.7 Å². The zero-order chi connectivity index (χ0) is 7.40. The molecule has 0 bridgehead atoms. The number of hydrogen-bond donors (Lipinski definition) is 0. The van der Waals surface area contributed by atoms with Gasteiger partial charge in [-0.25, -0.2) is 0 Å². The predicted octanol–water partition coefficient (Wildman–Crippen LogP) is 2.97. The van der Waals surface area contributed by atoms with E-state index in [0.29, 0.717) is 5.92 Å². The number of allylic oxidation sites excluding steroid dienone is 2. The Morgan fingerprint density at radius 2 is 1.80 bits per heavy atom. The van der Waals surface area contributed by atoms with Gasteiger partial charge in [-0.05, 0) is 18.8 Å².